The fourth-order valence-corrected chi connectivity index (χ4v) is 2.89. The van der Waals surface area contributed by atoms with E-state index >= 15 is 0 Å². The molecule has 0 unspecified atom stereocenters. The van der Waals surface area contributed by atoms with Gasteiger partial charge in [0.2, 0.25) is 0 Å². The Hall–Kier alpha value is -2.00. The largest absolute Gasteiger partial charge is 0.699 e. The molecule has 0 aliphatic carbocycles. The van der Waals surface area contributed by atoms with E-state index in [1.165, 1.54) is 6.42 Å². The summed E-state index contributed by atoms with van der Waals surface area (Å²) in [6.07, 6.45) is 11.2. The first-order valence-corrected chi connectivity index (χ1v) is 11.3. The number of nitrogens with zero attached hydrogens (tertiary/aromatic N) is 1. The molecule has 0 fully saturated rings. The van der Waals surface area contributed by atoms with Crippen molar-refractivity contribution in [3.05, 3.63) is 103 Å². The van der Waals surface area contributed by atoms with Crippen LogP contribution in [0.5, 0.6) is 0 Å². The molecule has 1 aromatic rings. The minimum Gasteiger partial charge on any atom is -0.699 e. The molecule has 0 amide bonds. The van der Waals surface area contributed by atoms with E-state index in [0.29, 0.717) is 12.1 Å². The molecule has 0 spiro atoms. The van der Waals surface area contributed by atoms with Crippen molar-refractivity contribution < 1.29 is 37.9 Å². The third-order valence-corrected chi connectivity index (χ3v) is 4.46. The van der Waals surface area contributed by atoms with Gasteiger partial charge < -0.3 is 32.6 Å². The van der Waals surface area contributed by atoms with Crippen molar-refractivity contribution in [1.82, 2.24) is 4.90 Å². The molecule has 1 radical (unpaired) electrons. The molecule has 0 atom stereocenters. The molecule has 7 nitrogen and oxygen atoms in total. The Morgan fingerprint density at radius 2 is 1.80 bits per heavy atom. The second-order valence-corrected chi connectivity index (χ2v) is 7.59. The molecule has 193 valence electrons. The number of nitrogens with one attached hydrogen (secondary N) is 2. The summed E-state index contributed by atoms with van der Waals surface area (Å²) in [5.74, 6) is 3.50. The summed E-state index contributed by atoms with van der Waals surface area (Å²) in [5, 5.41) is 9.69. The third-order valence-electron chi connectivity index (χ3n) is 4.46. The zero-order chi connectivity index (χ0) is 26.5. The van der Waals surface area contributed by atoms with Gasteiger partial charge in [-0.3, -0.25) is 0 Å². The van der Waals surface area contributed by atoms with Gasteiger partial charge in [0.15, 0.2) is 0 Å². The van der Waals surface area contributed by atoms with Crippen LogP contribution >= 0.6 is 0 Å². The fourth-order valence-electron chi connectivity index (χ4n) is 2.89. The summed E-state index contributed by atoms with van der Waals surface area (Å²) in [7, 11) is 0. The average Bonchev–Trinajstić information content (AvgIpc) is 2.79. The summed E-state index contributed by atoms with van der Waals surface area (Å²) < 4.78 is 0. The molecule has 0 heterocycles. The van der Waals surface area contributed by atoms with E-state index in [4.69, 9.17) is 22.4 Å². The summed E-state index contributed by atoms with van der Waals surface area (Å²) in [6, 6.07) is 7.20. The first kappa shape index (κ1) is 37.6. The van der Waals surface area contributed by atoms with Crippen molar-refractivity contribution >= 4 is 11.4 Å². The normalized spacial score (nSPS) is 11.2. The van der Waals surface area contributed by atoms with Crippen LogP contribution in [-0.4, -0.2) is 29.4 Å². The minimum absolute atomic E-state index is 0. The molecule has 1 rings (SSSR count). The fraction of sp³-hybridized carbons (Fsp3) is 0.333. The maximum Gasteiger partial charge on any atom is 0.0559 e. The number of nitrogens with two attached hydrogens (primary N) is 3. The van der Waals surface area contributed by atoms with Gasteiger partial charge in [0.1, 0.15) is 0 Å². The predicted molar refractivity (Wildman–Crippen MR) is 149 cm³/mol. The number of hydrogen-bond donors (Lipinski definition) is 5. The van der Waals surface area contributed by atoms with Crippen LogP contribution in [0.15, 0.2) is 96.9 Å². The minimum atomic E-state index is -0.329. The van der Waals surface area contributed by atoms with Crippen LogP contribution < -0.4 is 22.7 Å². The van der Waals surface area contributed by atoms with E-state index < -0.39 is 0 Å². The van der Waals surface area contributed by atoms with Gasteiger partial charge in [-0.2, -0.15) is 0 Å². The monoisotopic (exact) mass is 558 g/mol. The number of anilines is 1. The molecule has 0 aliphatic heterocycles. The molecule has 9 N–H and O–H groups in total. The molecule has 35 heavy (non-hydrogen) atoms. The standard InChI is InChI=1S/C20H27N4.C7H15N.H3NO.Y/c1-5-17(10-9-14(2)11-15(3)12-20(22)23)16(4)24-19-8-6-7-18(21)13-19;1-4-7-8(5-2)6-3;1-2;/h5-11,13,20-21,24H,1,4,12,22-23H2,2-3H3;5H,2,4,6-7H2,1,3H3;2H,1H2;/q-1;;;/b14-9+,15-11-,17-10+;;;. The first-order chi connectivity index (χ1) is 16.2. The molecule has 0 bridgehead atoms. The Bertz CT molecular complexity index is 831. The molecule has 0 saturated heterocycles. The predicted octanol–water partition coefficient (Wildman–Crippen LogP) is 6.13. The van der Waals surface area contributed by atoms with Crippen molar-refractivity contribution in [2.45, 2.75) is 46.7 Å². The van der Waals surface area contributed by atoms with Crippen molar-refractivity contribution in [3.8, 4) is 0 Å². The molecular weight excluding hydrogens is 513 g/mol. The zero-order valence-corrected chi connectivity index (χ0v) is 24.8. The van der Waals surface area contributed by atoms with E-state index in [9.17, 15) is 0 Å². The van der Waals surface area contributed by atoms with E-state index in [2.05, 4.69) is 55.8 Å². The van der Waals surface area contributed by atoms with Gasteiger partial charge in [-0.15, -0.1) is 5.69 Å². The average molecular weight is 559 g/mol. The molecule has 0 saturated carbocycles. The van der Waals surface area contributed by atoms with Gasteiger partial charge in [-0.25, -0.2) is 5.90 Å². The molecule has 1 aromatic carbocycles. The van der Waals surface area contributed by atoms with Gasteiger partial charge >= 0.3 is 0 Å². The van der Waals surface area contributed by atoms with Crippen LogP contribution in [-0.2, 0) is 32.7 Å². The topological polar surface area (TPSA) is 137 Å². The quantitative estimate of drug-likeness (QED) is 0.119. The Morgan fingerprint density at radius 1 is 1.17 bits per heavy atom. The summed E-state index contributed by atoms with van der Waals surface area (Å²) in [5.41, 5.74) is 23.9. The van der Waals surface area contributed by atoms with E-state index in [1.807, 2.05) is 44.3 Å². The Balaban J connectivity index is -0.000000791. The van der Waals surface area contributed by atoms with Crippen molar-refractivity contribution in [2.75, 3.05) is 18.4 Å². The zero-order valence-electron chi connectivity index (χ0n) is 21.9. The van der Waals surface area contributed by atoms with Gasteiger partial charge in [-0.1, -0.05) is 80.3 Å². The number of rotatable bonds is 12. The van der Waals surface area contributed by atoms with Crippen LogP contribution in [0.4, 0.5) is 11.4 Å². The second kappa shape index (κ2) is 23.7. The summed E-state index contributed by atoms with van der Waals surface area (Å²) in [4.78, 5) is 2.19. The van der Waals surface area contributed by atoms with E-state index in [1.54, 1.807) is 18.2 Å². The number of allylic oxidation sites excluding steroid dienone is 5. The second-order valence-electron chi connectivity index (χ2n) is 7.59. The van der Waals surface area contributed by atoms with E-state index in [0.717, 1.165) is 41.2 Å². The first-order valence-electron chi connectivity index (χ1n) is 11.3. The molecular formula is C27H45N6OY-. The van der Waals surface area contributed by atoms with Crippen LogP contribution in [0.2, 0.25) is 0 Å². The van der Waals surface area contributed by atoms with Crippen LogP contribution in [0.1, 0.15) is 40.5 Å². The Morgan fingerprint density at radius 3 is 2.23 bits per heavy atom. The van der Waals surface area contributed by atoms with Crippen molar-refractivity contribution in [3.63, 3.8) is 0 Å². The van der Waals surface area contributed by atoms with Gasteiger partial charge in [0, 0.05) is 57.2 Å². The summed E-state index contributed by atoms with van der Waals surface area (Å²) in [6.45, 7) is 22.1. The number of hydrogen-bond acceptors (Lipinski definition) is 6. The Labute approximate surface area is 238 Å². The molecule has 0 aromatic heterocycles. The smallest absolute Gasteiger partial charge is 0.0559 e. The van der Waals surface area contributed by atoms with Crippen molar-refractivity contribution in [2.24, 2.45) is 17.4 Å². The van der Waals surface area contributed by atoms with E-state index in [-0.39, 0.29) is 38.9 Å². The maximum absolute atomic E-state index is 7.64. The molecule has 8 heteroatoms. The molecule has 0 aliphatic rings. The third kappa shape index (κ3) is 19.9. The van der Waals surface area contributed by atoms with Crippen LogP contribution in [0, 0.1) is 0 Å². The number of benzene rings is 1. The Kier molecular flexibility index (Phi) is 25.5. The SMILES string of the molecule is C=CN(CC)CCC.C=C\C(=C/C=C(C)/C=C(/C)CC(N)N)C(=C)Nc1cccc([NH-])c1.NO.[Y]. The van der Waals surface area contributed by atoms with Gasteiger partial charge in [0.25, 0.3) is 0 Å². The van der Waals surface area contributed by atoms with Gasteiger partial charge in [-0.05, 0) is 51.5 Å². The van der Waals surface area contributed by atoms with Gasteiger partial charge in [0.05, 0.1) is 6.17 Å². The van der Waals surface area contributed by atoms with Crippen LogP contribution in [0.3, 0.4) is 0 Å². The summed E-state index contributed by atoms with van der Waals surface area (Å²) >= 11 is 0. The van der Waals surface area contributed by atoms with Crippen LogP contribution in [0.25, 0.3) is 5.73 Å². The van der Waals surface area contributed by atoms with Crippen molar-refractivity contribution in [1.29, 1.82) is 0 Å². The maximum atomic E-state index is 7.64.